The molecule has 1 fully saturated rings. The van der Waals surface area contributed by atoms with Crippen molar-refractivity contribution in [1.29, 1.82) is 0 Å². The molecule has 0 radical (unpaired) electrons. The molecule has 0 bridgehead atoms. The highest BCUT2D eigenvalue weighted by Gasteiger charge is 2.20. The zero-order chi connectivity index (χ0) is 11.4. The molecule has 0 aromatic heterocycles. The van der Waals surface area contributed by atoms with E-state index in [4.69, 9.17) is 0 Å². The molecule has 0 saturated carbocycles. The summed E-state index contributed by atoms with van der Waals surface area (Å²) in [6.07, 6.45) is 0.991. The number of carbonyl (C=O) groups is 1. The van der Waals surface area contributed by atoms with Crippen molar-refractivity contribution in [2.45, 2.75) is 19.4 Å². The molecule has 1 aromatic carbocycles. The smallest absolute Gasteiger partial charge is 0.219 e. The summed E-state index contributed by atoms with van der Waals surface area (Å²) in [5.74, 6) is 0.180. The number of nitrogens with one attached hydrogen (secondary N) is 1. The zero-order valence-electron chi connectivity index (χ0n) is 9.65. The van der Waals surface area contributed by atoms with Crippen molar-refractivity contribution in [1.82, 2.24) is 10.2 Å². The molecule has 16 heavy (non-hydrogen) atoms. The summed E-state index contributed by atoms with van der Waals surface area (Å²) < 4.78 is 0. The third kappa shape index (κ3) is 2.83. The SMILES string of the molecule is CC(=O)N1CCN[C@@H](Cc2ccccc2)C1. The van der Waals surface area contributed by atoms with Gasteiger partial charge in [0.15, 0.2) is 0 Å². The molecule has 3 nitrogen and oxygen atoms in total. The normalized spacial score (nSPS) is 20.8. The van der Waals surface area contributed by atoms with Crippen LogP contribution in [0.15, 0.2) is 30.3 Å². The van der Waals surface area contributed by atoms with Gasteiger partial charge in [0, 0.05) is 32.6 Å². The monoisotopic (exact) mass is 218 g/mol. The highest BCUT2D eigenvalue weighted by atomic mass is 16.2. The number of amides is 1. The predicted molar refractivity (Wildman–Crippen MR) is 64.2 cm³/mol. The summed E-state index contributed by atoms with van der Waals surface area (Å²) in [6.45, 7) is 4.20. The van der Waals surface area contributed by atoms with Gasteiger partial charge < -0.3 is 10.2 Å². The highest BCUT2D eigenvalue weighted by molar-refractivity contribution is 5.73. The first kappa shape index (κ1) is 11.1. The number of hydrogen-bond donors (Lipinski definition) is 1. The number of benzene rings is 1. The molecule has 2 rings (SSSR count). The van der Waals surface area contributed by atoms with Crippen molar-refractivity contribution in [3.63, 3.8) is 0 Å². The fourth-order valence-electron chi connectivity index (χ4n) is 2.15. The minimum absolute atomic E-state index is 0.180. The lowest BCUT2D eigenvalue weighted by molar-refractivity contribution is -0.130. The quantitative estimate of drug-likeness (QED) is 0.804. The summed E-state index contributed by atoms with van der Waals surface area (Å²) in [7, 11) is 0. The average molecular weight is 218 g/mol. The van der Waals surface area contributed by atoms with Crippen LogP contribution in [-0.2, 0) is 11.2 Å². The third-order valence-corrected chi connectivity index (χ3v) is 3.03. The summed E-state index contributed by atoms with van der Waals surface area (Å²) in [5.41, 5.74) is 1.32. The summed E-state index contributed by atoms with van der Waals surface area (Å²) in [4.78, 5) is 13.2. The topological polar surface area (TPSA) is 32.3 Å². The maximum absolute atomic E-state index is 11.3. The van der Waals surface area contributed by atoms with E-state index in [0.717, 1.165) is 26.1 Å². The lowest BCUT2D eigenvalue weighted by Gasteiger charge is -2.33. The first-order chi connectivity index (χ1) is 7.75. The van der Waals surface area contributed by atoms with Crippen LogP contribution >= 0.6 is 0 Å². The van der Waals surface area contributed by atoms with Gasteiger partial charge in [0.1, 0.15) is 0 Å². The van der Waals surface area contributed by atoms with Gasteiger partial charge in [-0.05, 0) is 12.0 Å². The summed E-state index contributed by atoms with van der Waals surface area (Å²) in [5, 5.41) is 3.46. The number of rotatable bonds is 2. The number of carbonyl (C=O) groups excluding carboxylic acids is 1. The Morgan fingerprint density at radius 3 is 2.88 bits per heavy atom. The van der Waals surface area contributed by atoms with Crippen LogP contribution in [0, 0.1) is 0 Å². The van der Waals surface area contributed by atoms with E-state index in [1.54, 1.807) is 6.92 Å². The third-order valence-electron chi connectivity index (χ3n) is 3.03. The van der Waals surface area contributed by atoms with Crippen LogP contribution in [-0.4, -0.2) is 36.5 Å². The standard InChI is InChI=1S/C13H18N2O/c1-11(16)15-8-7-14-13(10-15)9-12-5-3-2-4-6-12/h2-6,13-14H,7-10H2,1H3/t13-/m0/s1. The molecule has 1 aromatic rings. The molecular weight excluding hydrogens is 200 g/mol. The summed E-state index contributed by atoms with van der Waals surface area (Å²) >= 11 is 0. The molecular formula is C13H18N2O. The van der Waals surface area contributed by atoms with Crippen molar-refractivity contribution >= 4 is 5.91 Å². The van der Waals surface area contributed by atoms with Crippen molar-refractivity contribution in [3.05, 3.63) is 35.9 Å². The Balaban J connectivity index is 1.93. The fourth-order valence-corrected chi connectivity index (χ4v) is 2.15. The van der Waals surface area contributed by atoms with E-state index in [-0.39, 0.29) is 5.91 Å². The maximum atomic E-state index is 11.3. The van der Waals surface area contributed by atoms with Gasteiger partial charge in [0.05, 0.1) is 0 Å². The van der Waals surface area contributed by atoms with Crippen LogP contribution in [0.25, 0.3) is 0 Å². The molecule has 1 saturated heterocycles. The van der Waals surface area contributed by atoms with Gasteiger partial charge in [-0.25, -0.2) is 0 Å². The van der Waals surface area contributed by atoms with Crippen molar-refractivity contribution in [2.24, 2.45) is 0 Å². The van der Waals surface area contributed by atoms with Gasteiger partial charge in [-0.3, -0.25) is 4.79 Å². The average Bonchev–Trinajstić information content (AvgIpc) is 2.30. The highest BCUT2D eigenvalue weighted by Crippen LogP contribution is 2.07. The summed E-state index contributed by atoms with van der Waals surface area (Å²) in [6, 6.07) is 10.8. The van der Waals surface area contributed by atoms with Gasteiger partial charge >= 0.3 is 0 Å². The Kier molecular flexibility index (Phi) is 3.57. The molecule has 86 valence electrons. The zero-order valence-corrected chi connectivity index (χ0v) is 9.65. The number of nitrogens with zero attached hydrogens (tertiary/aromatic N) is 1. The predicted octanol–water partition coefficient (Wildman–Crippen LogP) is 1.05. The minimum atomic E-state index is 0.180. The van der Waals surface area contributed by atoms with Gasteiger partial charge in [-0.2, -0.15) is 0 Å². The Morgan fingerprint density at radius 2 is 2.19 bits per heavy atom. The lowest BCUT2D eigenvalue weighted by Crippen LogP contribution is -2.52. The van der Waals surface area contributed by atoms with Crippen molar-refractivity contribution in [2.75, 3.05) is 19.6 Å². The van der Waals surface area contributed by atoms with Crippen LogP contribution in [0.4, 0.5) is 0 Å². The Labute approximate surface area is 96.5 Å². The molecule has 1 heterocycles. The van der Waals surface area contributed by atoms with E-state index in [1.807, 2.05) is 11.0 Å². The van der Waals surface area contributed by atoms with E-state index in [0.29, 0.717) is 6.04 Å². The molecule has 1 aliphatic heterocycles. The van der Waals surface area contributed by atoms with E-state index in [9.17, 15) is 4.79 Å². The minimum Gasteiger partial charge on any atom is -0.340 e. The molecule has 1 atom stereocenters. The molecule has 0 spiro atoms. The van der Waals surface area contributed by atoms with Gasteiger partial charge in [0.25, 0.3) is 0 Å². The van der Waals surface area contributed by atoms with Crippen LogP contribution in [0.1, 0.15) is 12.5 Å². The second kappa shape index (κ2) is 5.12. The molecule has 0 aliphatic carbocycles. The first-order valence-corrected chi connectivity index (χ1v) is 5.78. The molecule has 1 amide bonds. The van der Waals surface area contributed by atoms with Gasteiger partial charge in [0.2, 0.25) is 5.91 Å². The molecule has 3 heteroatoms. The Morgan fingerprint density at radius 1 is 1.44 bits per heavy atom. The fraction of sp³-hybridized carbons (Fsp3) is 0.462. The Bertz CT molecular complexity index is 350. The van der Waals surface area contributed by atoms with Crippen LogP contribution in [0.2, 0.25) is 0 Å². The van der Waals surface area contributed by atoms with E-state index >= 15 is 0 Å². The van der Waals surface area contributed by atoms with Crippen molar-refractivity contribution < 1.29 is 4.79 Å². The van der Waals surface area contributed by atoms with Gasteiger partial charge in [-0.1, -0.05) is 30.3 Å². The molecule has 1 aliphatic rings. The number of piperazine rings is 1. The van der Waals surface area contributed by atoms with E-state index in [1.165, 1.54) is 5.56 Å². The first-order valence-electron chi connectivity index (χ1n) is 5.78. The second-order valence-corrected chi connectivity index (χ2v) is 4.31. The van der Waals surface area contributed by atoms with Gasteiger partial charge in [-0.15, -0.1) is 0 Å². The largest absolute Gasteiger partial charge is 0.340 e. The second-order valence-electron chi connectivity index (χ2n) is 4.31. The molecule has 1 N–H and O–H groups in total. The van der Waals surface area contributed by atoms with Crippen LogP contribution < -0.4 is 5.32 Å². The van der Waals surface area contributed by atoms with Crippen LogP contribution in [0.3, 0.4) is 0 Å². The van der Waals surface area contributed by atoms with E-state index < -0.39 is 0 Å². The van der Waals surface area contributed by atoms with Crippen LogP contribution in [0.5, 0.6) is 0 Å². The molecule has 0 unspecified atom stereocenters. The lowest BCUT2D eigenvalue weighted by atomic mass is 10.0. The number of hydrogen-bond acceptors (Lipinski definition) is 2. The Hall–Kier alpha value is -1.35. The van der Waals surface area contributed by atoms with Crippen molar-refractivity contribution in [3.8, 4) is 0 Å². The van der Waals surface area contributed by atoms with E-state index in [2.05, 4.69) is 29.6 Å². The maximum Gasteiger partial charge on any atom is 0.219 e.